The van der Waals surface area contributed by atoms with Gasteiger partial charge in [-0.15, -0.1) is 11.8 Å². The molecule has 6 heteroatoms. The van der Waals surface area contributed by atoms with Gasteiger partial charge in [0.05, 0.1) is 30.5 Å². The van der Waals surface area contributed by atoms with Crippen LogP contribution in [0.2, 0.25) is 0 Å². The van der Waals surface area contributed by atoms with Gasteiger partial charge < -0.3 is 9.05 Å². The summed E-state index contributed by atoms with van der Waals surface area (Å²) in [5.41, 5.74) is 1.28. The van der Waals surface area contributed by atoms with E-state index in [0.29, 0.717) is 19.4 Å². The monoisotopic (exact) mass is 327 g/mol. The Morgan fingerprint density at radius 2 is 1.90 bits per heavy atom. The zero-order chi connectivity index (χ0) is 15.1. The second kappa shape index (κ2) is 8.14. The molecule has 0 radical (unpaired) electrons. The van der Waals surface area contributed by atoms with Gasteiger partial charge in [-0.05, 0) is 25.8 Å². The molecular formula is C15H22NO3PS. The smallest absolute Gasteiger partial charge is 0.309 e. The Morgan fingerprint density at radius 3 is 2.52 bits per heavy atom. The average Bonchev–Trinajstić information content (AvgIpc) is 2.87. The summed E-state index contributed by atoms with van der Waals surface area (Å²) in [5.74, 6) is 0.933. The number of aliphatic imine (C=N–C) groups is 1. The molecule has 0 N–H and O–H groups in total. The molecule has 0 aliphatic carbocycles. The van der Waals surface area contributed by atoms with Gasteiger partial charge in [0, 0.05) is 5.75 Å². The van der Waals surface area contributed by atoms with Crippen LogP contribution in [-0.2, 0) is 20.0 Å². The van der Waals surface area contributed by atoms with Gasteiger partial charge in [-0.3, -0.25) is 9.56 Å². The minimum atomic E-state index is -3.03. The first kappa shape index (κ1) is 16.8. The van der Waals surface area contributed by atoms with E-state index >= 15 is 0 Å². The Hall–Kier alpha value is -0.610. The molecule has 1 aromatic rings. The summed E-state index contributed by atoms with van der Waals surface area (Å²) in [7, 11) is -3.03. The van der Waals surface area contributed by atoms with E-state index in [1.54, 1.807) is 11.8 Å². The van der Waals surface area contributed by atoms with Crippen molar-refractivity contribution in [3.63, 3.8) is 0 Å². The van der Waals surface area contributed by atoms with Crippen LogP contribution >= 0.6 is 19.4 Å². The molecule has 116 valence electrons. The fourth-order valence-corrected chi connectivity index (χ4v) is 5.33. The summed E-state index contributed by atoms with van der Waals surface area (Å²) in [6.45, 7) is 4.44. The van der Waals surface area contributed by atoms with Crippen LogP contribution < -0.4 is 0 Å². The fraction of sp³-hybridized carbons (Fsp3) is 0.533. The maximum absolute atomic E-state index is 12.5. The van der Waals surface area contributed by atoms with Crippen molar-refractivity contribution in [1.82, 2.24) is 0 Å². The molecule has 2 rings (SSSR count). The van der Waals surface area contributed by atoms with E-state index in [2.05, 4.69) is 17.1 Å². The van der Waals surface area contributed by atoms with Gasteiger partial charge in [-0.25, -0.2) is 0 Å². The summed E-state index contributed by atoms with van der Waals surface area (Å²) >= 11 is 1.67. The van der Waals surface area contributed by atoms with Gasteiger partial charge in [0.15, 0.2) is 0 Å². The molecule has 0 saturated carbocycles. The zero-order valence-electron chi connectivity index (χ0n) is 12.5. The first-order valence-electron chi connectivity index (χ1n) is 7.26. The van der Waals surface area contributed by atoms with Crippen molar-refractivity contribution in [3.8, 4) is 0 Å². The lowest BCUT2D eigenvalue weighted by molar-refractivity contribution is 0.223. The van der Waals surface area contributed by atoms with E-state index < -0.39 is 7.60 Å². The summed E-state index contributed by atoms with van der Waals surface area (Å²) in [4.78, 5) is 4.68. The molecular weight excluding hydrogens is 305 g/mol. The zero-order valence-corrected chi connectivity index (χ0v) is 14.2. The van der Waals surface area contributed by atoms with Crippen molar-refractivity contribution in [2.45, 2.75) is 26.3 Å². The highest BCUT2D eigenvalue weighted by Crippen LogP contribution is 2.49. The SMILES string of the molecule is CCOP(=O)(CC1=N[C@@H](Cc2ccccc2)CS1)OCC. The minimum absolute atomic E-state index is 0.254. The second-order valence-corrected chi connectivity index (χ2v) is 7.93. The third-order valence-electron chi connectivity index (χ3n) is 3.06. The Balaban J connectivity index is 1.95. The quantitative estimate of drug-likeness (QED) is 0.677. The summed E-state index contributed by atoms with van der Waals surface area (Å²) in [5, 5.41) is 0.890. The molecule has 0 aromatic heterocycles. The van der Waals surface area contributed by atoms with Crippen molar-refractivity contribution in [1.29, 1.82) is 0 Å². The molecule has 4 nitrogen and oxygen atoms in total. The number of hydrogen-bond donors (Lipinski definition) is 0. The molecule has 0 saturated heterocycles. The molecule has 0 unspecified atom stereocenters. The van der Waals surface area contributed by atoms with E-state index in [-0.39, 0.29) is 6.04 Å². The largest absolute Gasteiger partial charge is 0.337 e. The predicted octanol–water partition coefficient (Wildman–Crippen LogP) is 4.01. The summed E-state index contributed by atoms with van der Waals surface area (Å²) in [6.07, 6.45) is 1.22. The lowest BCUT2D eigenvalue weighted by Crippen LogP contribution is -2.08. The maximum Gasteiger partial charge on any atom is 0.337 e. The molecule has 0 bridgehead atoms. The standard InChI is InChI=1S/C15H22NO3PS/c1-3-18-20(17,19-4-2)11-15-16-14(12-21-15)10-13-8-6-5-7-9-13/h5-9,14H,3-4,10-12H2,1-2H3/t14-/m0/s1. The van der Waals surface area contributed by atoms with Gasteiger partial charge in [0.2, 0.25) is 0 Å². The minimum Gasteiger partial charge on any atom is -0.309 e. The van der Waals surface area contributed by atoms with Crippen LogP contribution in [0.25, 0.3) is 0 Å². The number of nitrogens with zero attached hydrogens (tertiary/aromatic N) is 1. The Labute approximate surface area is 130 Å². The molecule has 1 heterocycles. The van der Waals surface area contributed by atoms with Gasteiger partial charge in [-0.1, -0.05) is 30.3 Å². The normalized spacial score (nSPS) is 18.8. The topological polar surface area (TPSA) is 47.9 Å². The number of hydrogen-bond acceptors (Lipinski definition) is 5. The Morgan fingerprint density at radius 1 is 1.24 bits per heavy atom. The maximum atomic E-state index is 12.5. The molecule has 1 atom stereocenters. The van der Waals surface area contributed by atoms with Crippen LogP contribution in [0.5, 0.6) is 0 Å². The molecule has 0 spiro atoms. The molecule has 1 aliphatic heterocycles. The molecule has 0 amide bonds. The van der Waals surface area contributed by atoms with Crippen LogP contribution in [0.3, 0.4) is 0 Å². The van der Waals surface area contributed by atoms with Crippen molar-refractivity contribution >= 4 is 24.4 Å². The highest BCUT2D eigenvalue weighted by atomic mass is 32.2. The highest BCUT2D eigenvalue weighted by molar-refractivity contribution is 8.14. The Bertz CT molecular complexity index is 511. The first-order valence-corrected chi connectivity index (χ1v) is 9.98. The van der Waals surface area contributed by atoms with Gasteiger partial charge in [0.25, 0.3) is 0 Å². The van der Waals surface area contributed by atoms with Gasteiger partial charge in [0.1, 0.15) is 0 Å². The first-order chi connectivity index (χ1) is 10.1. The molecule has 21 heavy (non-hydrogen) atoms. The van der Waals surface area contributed by atoms with Crippen LogP contribution in [0.15, 0.2) is 35.3 Å². The summed E-state index contributed by atoms with van der Waals surface area (Å²) < 4.78 is 23.1. The Kier molecular flexibility index (Phi) is 6.49. The second-order valence-electron chi connectivity index (χ2n) is 4.78. The van der Waals surface area contributed by atoms with Crippen LogP contribution in [0, 0.1) is 0 Å². The van der Waals surface area contributed by atoms with Crippen molar-refractivity contribution in [3.05, 3.63) is 35.9 Å². The number of rotatable bonds is 8. The fourth-order valence-electron chi connectivity index (χ4n) is 2.24. The third-order valence-corrected chi connectivity index (χ3v) is 6.40. The highest BCUT2D eigenvalue weighted by Gasteiger charge is 2.29. The van der Waals surface area contributed by atoms with Gasteiger partial charge >= 0.3 is 7.60 Å². The number of thioether (sulfide) groups is 1. The number of benzene rings is 1. The molecule has 0 fully saturated rings. The lowest BCUT2D eigenvalue weighted by atomic mass is 10.1. The van der Waals surface area contributed by atoms with E-state index in [1.165, 1.54) is 5.56 Å². The van der Waals surface area contributed by atoms with Crippen molar-refractivity contribution < 1.29 is 13.6 Å². The average molecular weight is 327 g/mol. The van der Waals surface area contributed by atoms with Crippen molar-refractivity contribution in [2.24, 2.45) is 4.99 Å². The summed E-state index contributed by atoms with van der Waals surface area (Å²) in [6, 6.07) is 10.6. The van der Waals surface area contributed by atoms with Crippen molar-refractivity contribution in [2.75, 3.05) is 25.1 Å². The third kappa shape index (κ3) is 5.26. The van der Waals surface area contributed by atoms with E-state index in [4.69, 9.17) is 9.05 Å². The van der Waals surface area contributed by atoms with Crippen LogP contribution in [-0.4, -0.2) is 36.2 Å². The van der Waals surface area contributed by atoms with E-state index in [1.807, 2.05) is 32.0 Å². The predicted molar refractivity (Wildman–Crippen MR) is 89.6 cm³/mol. The molecule has 1 aromatic carbocycles. The van der Waals surface area contributed by atoms with Crippen LogP contribution in [0.1, 0.15) is 19.4 Å². The van der Waals surface area contributed by atoms with Crippen LogP contribution in [0.4, 0.5) is 0 Å². The van der Waals surface area contributed by atoms with Gasteiger partial charge in [-0.2, -0.15) is 0 Å². The lowest BCUT2D eigenvalue weighted by Gasteiger charge is -2.16. The van der Waals surface area contributed by atoms with E-state index in [0.717, 1.165) is 17.2 Å². The van der Waals surface area contributed by atoms with E-state index in [9.17, 15) is 4.57 Å². The molecule has 1 aliphatic rings.